The molecule has 0 radical (unpaired) electrons. The Morgan fingerprint density at radius 2 is 1.75 bits per heavy atom. The molecule has 188 valence electrons. The zero-order valence-corrected chi connectivity index (χ0v) is 20.8. The molecule has 0 unspecified atom stereocenters. The first-order chi connectivity index (χ1) is 17.4. The summed E-state index contributed by atoms with van der Waals surface area (Å²) in [6, 6.07) is 5.98. The monoisotopic (exact) mass is 511 g/mol. The molecule has 1 aliphatic rings. The van der Waals surface area contributed by atoms with Crippen LogP contribution in [0.4, 0.5) is 14.6 Å². The topological polar surface area (TPSA) is 81.0 Å². The molecule has 1 fully saturated rings. The van der Waals surface area contributed by atoms with Gasteiger partial charge in [0.05, 0.1) is 22.5 Å². The quantitative estimate of drug-likeness (QED) is 0.344. The molecule has 1 aliphatic heterocycles. The summed E-state index contributed by atoms with van der Waals surface area (Å²) in [4.78, 5) is 15.3. The predicted octanol–water partition coefficient (Wildman–Crippen LogP) is 5.08. The lowest BCUT2D eigenvalue weighted by Crippen LogP contribution is -2.30. The minimum Gasteiger partial charge on any atom is -0.357 e. The number of benzene rings is 1. The Hall–Kier alpha value is -3.40. The lowest BCUT2D eigenvalue weighted by Gasteiger charge is -2.27. The third kappa shape index (κ3) is 4.69. The number of sulfone groups is 1. The summed E-state index contributed by atoms with van der Waals surface area (Å²) in [5.41, 5.74) is 1.96. The molecule has 0 aliphatic carbocycles. The van der Waals surface area contributed by atoms with E-state index in [1.54, 1.807) is 31.6 Å². The maximum absolute atomic E-state index is 15.7. The maximum atomic E-state index is 15.7. The molecule has 36 heavy (non-hydrogen) atoms. The molecule has 3 aromatic heterocycles. The molecule has 5 rings (SSSR count). The third-order valence-electron chi connectivity index (χ3n) is 6.46. The molecule has 0 atom stereocenters. The number of piperidine rings is 1. The van der Waals surface area contributed by atoms with Crippen molar-refractivity contribution in [2.75, 3.05) is 23.7 Å². The van der Waals surface area contributed by atoms with Crippen molar-refractivity contribution < 1.29 is 17.2 Å². The SMILES string of the molecule is CCCS(=O)(=O)Cc1ccc(F)c(-n2cc(-c3cncnc3)c3nc(N4CCCCC4)ccc32)c1F. The summed E-state index contributed by atoms with van der Waals surface area (Å²) >= 11 is 0. The van der Waals surface area contributed by atoms with E-state index in [1.807, 2.05) is 6.07 Å². The number of halogens is 2. The Balaban J connectivity index is 1.69. The van der Waals surface area contributed by atoms with Gasteiger partial charge in [0.25, 0.3) is 0 Å². The highest BCUT2D eigenvalue weighted by molar-refractivity contribution is 7.90. The number of nitrogens with zero attached hydrogens (tertiary/aromatic N) is 5. The van der Waals surface area contributed by atoms with Crippen LogP contribution in [-0.2, 0) is 15.6 Å². The van der Waals surface area contributed by atoms with E-state index in [-0.39, 0.29) is 17.0 Å². The van der Waals surface area contributed by atoms with Crippen molar-refractivity contribution in [2.24, 2.45) is 0 Å². The number of anilines is 1. The number of hydrogen-bond acceptors (Lipinski definition) is 6. The van der Waals surface area contributed by atoms with Crippen LogP contribution in [0.2, 0.25) is 0 Å². The van der Waals surface area contributed by atoms with Crippen LogP contribution in [0.15, 0.2) is 49.2 Å². The van der Waals surface area contributed by atoms with Crippen molar-refractivity contribution in [2.45, 2.75) is 38.4 Å². The fraction of sp³-hybridized carbons (Fsp3) is 0.346. The van der Waals surface area contributed by atoms with Crippen LogP contribution in [0.3, 0.4) is 0 Å². The lowest BCUT2D eigenvalue weighted by molar-refractivity contribution is 0.560. The molecule has 0 bridgehead atoms. The molecular formula is C26H27F2N5O2S. The van der Waals surface area contributed by atoms with E-state index in [0.717, 1.165) is 37.8 Å². The van der Waals surface area contributed by atoms with Crippen molar-refractivity contribution >= 4 is 26.7 Å². The van der Waals surface area contributed by atoms with Crippen LogP contribution < -0.4 is 4.90 Å². The van der Waals surface area contributed by atoms with Gasteiger partial charge in [0.1, 0.15) is 23.6 Å². The number of pyridine rings is 1. The second-order valence-electron chi connectivity index (χ2n) is 9.09. The molecule has 1 saturated heterocycles. The van der Waals surface area contributed by atoms with Crippen LogP contribution in [0.5, 0.6) is 0 Å². The highest BCUT2D eigenvalue weighted by Crippen LogP contribution is 2.35. The van der Waals surface area contributed by atoms with Gasteiger partial charge in [0.2, 0.25) is 0 Å². The summed E-state index contributed by atoms with van der Waals surface area (Å²) in [6.45, 7) is 3.55. The van der Waals surface area contributed by atoms with E-state index < -0.39 is 27.2 Å². The fourth-order valence-corrected chi connectivity index (χ4v) is 6.23. The summed E-state index contributed by atoms with van der Waals surface area (Å²) in [6.07, 6.45) is 10.1. The summed E-state index contributed by atoms with van der Waals surface area (Å²) in [7, 11) is -3.52. The number of aromatic nitrogens is 4. The Labute approximate surface area is 208 Å². The van der Waals surface area contributed by atoms with Crippen molar-refractivity contribution in [1.29, 1.82) is 0 Å². The molecule has 0 amide bonds. The first-order valence-electron chi connectivity index (χ1n) is 12.1. The van der Waals surface area contributed by atoms with Crippen molar-refractivity contribution in [3.05, 3.63) is 66.4 Å². The lowest BCUT2D eigenvalue weighted by atomic mass is 10.1. The van der Waals surface area contributed by atoms with E-state index in [4.69, 9.17) is 4.98 Å². The van der Waals surface area contributed by atoms with E-state index in [0.29, 0.717) is 28.6 Å². The first-order valence-corrected chi connectivity index (χ1v) is 13.9. The average molecular weight is 512 g/mol. The van der Waals surface area contributed by atoms with Gasteiger partial charge in [-0.3, -0.25) is 0 Å². The highest BCUT2D eigenvalue weighted by Gasteiger charge is 2.24. The zero-order valence-electron chi connectivity index (χ0n) is 20.0. The number of hydrogen-bond donors (Lipinski definition) is 0. The zero-order chi connectivity index (χ0) is 25.3. The average Bonchev–Trinajstić information content (AvgIpc) is 3.25. The van der Waals surface area contributed by atoms with Crippen LogP contribution in [0.25, 0.3) is 27.8 Å². The van der Waals surface area contributed by atoms with Crippen molar-refractivity contribution in [1.82, 2.24) is 19.5 Å². The van der Waals surface area contributed by atoms with E-state index in [9.17, 15) is 8.42 Å². The van der Waals surface area contributed by atoms with E-state index in [2.05, 4.69) is 14.9 Å². The van der Waals surface area contributed by atoms with Crippen molar-refractivity contribution in [3.8, 4) is 16.8 Å². The van der Waals surface area contributed by atoms with Gasteiger partial charge >= 0.3 is 0 Å². The van der Waals surface area contributed by atoms with Crippen LogP contribution in [0, 0.1) is 11.6 Å². The second-order valence-corrected chi connectivity index (χ2v) is 11.3. The van der Waals surface area contributed by atoms with Gasteiger partial charge in [0.15, 0.2) is 15.7 Å². The minimum atomic E-state index is -3.52. The normalized spacial score (nSPS) is 14.5. The molecule has 0 spiro atoms. The molecule has 4 heterocycles. The van der Waals surface area contributed by atoms with Crippen LogP contribution in [-0.4, -0.2) is 46.8 Å². The minimum absolute atomic E-state index is 0.0625. The van der Waals surface area contributed by atoms with Gasteiger partial charge in [0, 0.05) is 48.4 Å². The molecule has 7 nitrogen and oxygen atoms in total. The Morgan fingerprint density at radius 3 is 2.47 bits per heavy atom. The molecule has 10 heteroatoms. The summed E-state index contributed by atoms with van der Waals surface area (Å²) in [5.74, 6) is -1.44. The van der Waals surface area contributed by atoms with Gasteiger partial charge < -0.3 is 9.47 Å². The molecule has 0 saturated carbocycles. The molecule has 1 aromatic carbocycles. The van der Waals surface area contributed by atoms with Gasteiger partial charge in [-0.2, -0.15) is 0 Å². The predicted molar refractivity (Wildman–Crippen MR) is 136 cm³/mol. The maximum Gasteiger partial charge on any atom is 0.154 e. The van der Waals surface area contributed by atoms with Crippen molar-refractivity contribution in [3.63, 3.8) is 0 Å². The molecule has 0 N–H and O–H groups in total. The summed E-state index contributed by atoms with van der Waals surface area (Å²) in [5, 5.41) is 0. The Bertz CT molecular complexity index is 1500. The Kier molecular flexibility index (Phi) is 6.70. The number of fused-ring (bicyclic) bond motifs is 1. The third-order valence-corrected chi connectivity index (χ3v) is 8.24. The van der Waals surface area contributed by atoms with Gasteiger partial charge in [-0.05, 0) is 43.9 Å². The van der Waals surface area contributed by atoms with Crippen LogP contribution in [0.1, 0.15) is 38.2 Å². The van der Waals surface area contributed by atoms with E-state index >= 15 is 8.78 Å². The molecule has 4 aromatic rings. The second kappa shape index (κ2) is 9.93. The van der Waals surface area contributed by atoms with E-state index in [1.165, 1.54) is 23.4 Å². The van der Waals surface area contributed by atoms with Gasteiger partial charge in [-0.1, -0.05) is 13.0 Å². The Morgan fingerprint density at radius 1 is 1.00 bits per heavy atom. The first kappa shape index (κ1) is 24.3. The summed E-state index contributed by atoms with van der Waals surface area (Å²) < 4.78 is 57.0. The largest absolute Gasteiger partial charge is 0.357 e. The highest BCUT2D eigenvalue weighted by atomic mass is 32.2. The molecular weight excluding hydrogens is 484 g/mol. The van der Waals surface area contributed by atoms with Gasteiger partial charge in [-0.15, -0.1) is 0 Å². The fourth-order valence-electron chi connectivity index (χ4n) is 4.76. The van der Waals surface area contributed by atoms with Gasteiger partial charge in [-0.25, -0.2) is 32.2 Å². The standard InChI is InChI=1S/C26H27F2N5O2S/c1-2-12-36(34,35)16-18-6-7-21(27)26(24(18)28)33-15-20(19-13-29-17-30-14-19)25-22(33)8-9-23(31-25)32-10-4-3-5-11-32/h6-9,13-15,17H,2-5,10-12,16H2,1H3. The smallest absolute Gasteiger partial charge is 0.154 e. The van der Waals surface area contributed by atoms with Crippen LogP contribution >= 0.6 is 0 Å². The number of rotatable bonds is 7.